The first kappa shape index (κ1) is 22.6. The molecule has 2 heterocycles. The Morgan fingerprint density at radius 2 is 1.94 bits per heavy atom. The SMILES string of the molecule is C[C@H]1C[C@H](N2CCC2)CC[C@@H]1n1cc(C(N)=O)c(Nc2ccc([C@@H](O)C(F)(F)F)cc2)n1. The summed E-state index contributed by atoms with van der Waals surface area (Å²) < 4.78 is 39.9. The van der Waals surface area contributed by atoms with Crippen molar-refractivity contribution in [1.29, 1.82) is 0 Å². The van der Waals surface area contributed by atoms with Crippen LogP contribution in [-0.2, 0) is 0 Å². The lowest BCUT2D eigenvalue weighted by atomic mass is 9.81. The zero-order chi connectivity index (χ0) is 23.0. The van der Waals surface area contributed by atoms with E-state index in [1.54, 1.807) is 10.9 Å². The van der Waals surface area contributed by atoms with Gasteiger partial charge >= 0.3 is 6.18 Å². The number of benzene rings is 1. The Morgan fingerprint density at radius 3 is 2.47 bits per heavy atom. The molecule has 32 heavy (non-hydrogen) atoms. The average molecular weight is 451 g/mol. The molecule has 1 aromatic carbocycles. The maximum Gasteiger partial charge on any atom is 0.418 e. The molecule has 7 nitrogen and oxygen atoms in total. The van der Waals surface area contributed by atoms with Crippen LogP contribution in [0.4, 0.5) is 24.7 Å². The van der Waals surface area contributed by atoms with Gasteiger partial charge in [0, 0.05) is 17.9 Å². The van der Waals surface area contributed by atoms with Gasteiger partial charge in [0.15, 0.2) is 11.9 Å². The number of primary amides is 1. The number of anilines is 2. The Hall–Kier alpha value is -2.59. The highest BCUT2D eigenvalue weighted by molar-refractivity contribution is 5.98. The van der Waals surface area contributed by atoms with Gasteiger partial charge in [-0.15, -0.1) is 0 Å². The molecule has 0 radical (unpaired) electrons. The fourth-order valence-electron chi connectivity index (χ4n) is 4.69. The Kier molecular flexibility index (Phi) is 6.17. The largest absolute Gasteiger partial charge is 0.418 e. The number of carbonyl (C=O) groups is 1. The molecule has 1 saturated carbocycles. The summed E-state index contributed by atoms with van der Waals surface area (Å²) in [6.45, 7) is 4.53. The summed E-state index contributed by atoms with van der Waals surface area (Å²) in [6.07, 6.45) is -1.28. The molecular formula is C22H28F3N5O2. The lowest BCUT2D eigenvalue weighted by Crippen LogP contribution is -2.48. The maximum absolute atomic E-state index is 12.7. The number of aliphatic hydroxyl groups is 1. The minimum absolute atomic E-state index is 0.144. The molecule has 2 aromatic rings. The number of halogens is 3. The number of aromatic nitrogens is 2. The van der Waals surface area contributed by atoms with E-state index in [0.29, 0.717) is 17.6 Å². The minimum Gasteiger partial charge on any atom is -0.379 e. The summed E-state index contributed by atoms with van der Waals surface area (Å²) in [5.74, 6) is 0.00874. The van der Waals surface area contributed by atoms with Crippen molar-refractivity contribution in [1.82, 2.24) is 14.7 Å². The predicted octanol–water partition coefficient (Wildman–Crippen LogP) is 3.76. The molecule has 0 unspecified atom stereocenters. The van der Waals surface area contributed by atoms with Crippen LogP contribution in [0.1, 0.15) is 60.7 Å². The number of amides is 1. The van der Waals surface area contributed by atoms with Crippen LogP contribution in [0, 0.1) is 5.92 Å². The smallest absolute Gasteiger partial charge is 0.379 e. The third-order valence-corrected chi connectivity index (χ3v) is 6.64. The second-order valence-corrected chi connectivity index (χ2v) is 8.83. The summed E-state index contributed by atoms with van der Waals surface area (Å²) in [6, 6.07) is 5.90. The molecule has 0 bridgehead atoms. The number of nitrogens with one attached hydrogen (secondary N) is 1. The normalized spacial score (nSPS) is 25.2. The number of hydrogen-bond acceptors (Lipinski definition) is 5. The van der Waals surface area contributed by atoms with E-state index < -0.39 is 18.2 Å². The second-order valence-electron chi connectivity index (χ2n) is 8.83. The van der Waals surface area contributed by atoms with Crippen LogP contribution in [-0.4, -0.2) is 51.0 Å². The molecule has 1 amide bonds. The van der Waals surface area contributed by atoms with Gasteiger partial charge in [-0.25, -0.2) is 0 Å². The van der Waals surface area contributed by atoms with Crippen molar-refractivity contribution < 1.29 is 23.1 Å². The van der Waals surface area contributed by atoms with E-state index in [9.17, 15) is 23.1 Å². The topological polar surface area (TPSA) is 96.4 Å². The van der Waals surface area contributed by atoms with E-state index >= 15 is 0 Å². The van der Waals surface area contributed by atoms with Gasteiger partial charge in [-0.2, -0.15) is 18.3 Å². The molecule has 10 heteroatoms. The van der Waals surface area contributed by atoms with Crippen molar-refractivity contribution in [3.05, 3.63) is 41.6 Å². The molecule has 4 atom stereocenters. The molecule has 1 aromatic heterocycles. The Labute approximate surface area is 184 Å². The molecule has 4 N–H and O–H groups in total. The van der Waals surface area contributed by atoms with Gasteiger partial charge in [-0.1, -0.05) is 19.1 Å². The first-order chi connectivity index (χ1) is 15.1. The zero-order valence-corrected chi connectivity index (χ0v) is 17.8. The summed E-state index contributed by atoms with van der Waals surface area (Å²) in [5.41, 5.74) is 5.94. The number of nitrogens with zero attached hydrogens (tertiary/aromatic N) is 3. The van der Waals surface area contributed by atoms with Crippen molar-refractivity contribution in [2.24, 2.45) is 11.7 Å². The number of rotatable bonds is 6. The van der Waals surface area contributed by atoms with E-state index in [-0.39, 0.29) is 23.0 Å². The highest BCUT2D eigenvalue weighted by Crippen LogP contribution is 2.38. The number of alkyl halides is 3. The average Bonchev–Trinajstić information content (AvgIpc) is 3.10. The van der Waals surface area contributed by atoms with Crippen LogP contribution in [0.3, 0.4) is 0 Å². The quantitative estimate of drug-likeness (QED) is 0.622. The molecule has 2 fully saturated rings. The third-order valence-electron chi connectivity index (χ3n) is 6.64. The van der Waals surface area contributed by atoms with Crippen LogP contribution in [0.25, 0.3) is 0 Å². The highest BCUT2D eigenvalue weighted by atomic mass is 19.4. The van der Waals surface area contributed by atoms with Gasteiger partial charge in [0.05, 0.1) is 6.04 Å². The molecule has 1 aliphatic carbocycles. The van der Waals surface area contributed by atoms with Gasteiger partial charge < -0.3 is 21.1 Å². The monoisotopic (exact) mass is 451 g/mol. The number of carbonyl (C=O) groups excluding carboxylic acids is 1. The van der Waals surface area contributed by atoms with Gasteiger partial charge in [-0.05, 0) is 62.4 Å². The second kappa shape index (κ2) is 8.74. The molecule has 174 valence electrons. The minimum atomic E-state index is -4.74. The summed E-state index contributed by atoms with van der Waals surface area (Å²) in [4.78, 5) is 14.5. The lowest BCUT2D eigenvalue weighted by Gasteiger charge is -2.44. The number of aliphatic hydroxyl groups excluding tert-OH is 1. The van der Waals surface area contributed by atoms with Crippen molar-refractivity contribution >= 4 is 17.4 Å². The van der Waals surface area contributed by atoms with E-state index in [1.807, 2.05) is 0 Å². The van der Waals surface area contributed by atoms with Gasteiger partial charge in [0.25, 0.3) is 5.91 Å². The Bertz CT molecular complexity index is 955. The predicted molar refractivity (Wildman–Crippen MR) is 114 cm³/mol. The fourth-order valence-corrected chi connectivity index (χ4v) is 4.69. The van der Waals surface area contributed by atoms with E-state index in [0.717, 1.165) is 19.3 Å². The molecule has 2 aliphatic rings. The van der Waals surface area contributed by atoms with Gasteiger partial charge in [0.2, 0.25) is 0 Å². The van der Waals surface area contributed by atoms with E-state index in [4.69, 9.17) is 5.73 Å². The lowest BCUT2D eigenvalue weighted by molar-refractivity contribution is -0.206. The summed E-state index contributed by atoms with van der Waals surface area (Å²) in [5, 5.41) is 16.9. The van der Waals surface area contributed by atoms with Crippen molar-refractivity contribution in [3.8, 4) is 0 Å². The molecule has 4 rings (SSSR count). The molecule has 1 saturated heterocycles. The van der Waals surface area contributed by atoms with Crippen molar-refractivity contribution in [3.63, 3.8) is 0 Å². The summed E-state index contributed by atoms with van der Waals surface area (Å²) in [7, 11) is 0. The number of likely N-dealkylation sites (tertiary alicyclic amines) is 1. The molecule has 1 aliphatic heterocycles. The van der Waals surface area contributed by atoms with E-state index in [1.165, 1.54) is 43.8 Å². The van der Waals surface area contributed by atoms with Crippen LogP contribution in [0.5, 0.6) is 0 Å². The number of hydrogen-bond donors (Lipinski definition) is 3. The van der Waals surface area contributed by atoms with Crippen molar-refractivity contribution in [2.75, 3.05) is 18.4 Å². The van der Waals surface area contributed by atoms with Crippen LogP contribution < -0.4 is 11.1 Å². The fraction of sp³-hybridized carbons (Fsp3) is 0.545. The number of nitrogens with two attached hydrogens (primary N) is 1. The van der Waals surface area contributed by atoms with Gasteiger partial charge in [-0.3, -0.25) is 9.48 Å². The van der Waals surface area contributed by atoms with Crippen LogP contribution in [0.15, 0.2) is 30.5 Å². The highest BCUT2D eigenvalue weighted by Gasteiger charge is 2.39. The first-order valence-electron chi connectivity index (χ1n) is 10.9. The third kappa shape index (κ3) is 4.61. The summed E-state index contributed by atoms with van der Waals surface area (Å²) >= 11 is 0. The van der Waals surface area contributed by atoms with Crippen molar-refractivity contribution in [2.45, 2.75) is 57.0 Å². The molecular weight excluding hydrogens is 423 g/mol. The standard InChI is InChI=1S/C22H28F3N5O2/c1-13-11-16(29-9-2-10-29)7-8-18(13)30-12-17(20(26)32)21(28-30)27-15-5-3-14(4-6-15)19(31)22(23,24)25/h3-6,12-13,16,18-19,31H,2,7-11H2,1H3,(H2,26,32)(H,27,28)/t13-,16+,18-,19+/m0/s1. The first-order valence-corrected chi connectivity index (χ1v) is 10.9. The maximum atomic E-state index is 12.7. The zero-order valence-electron chi connectivity index (χ0n) is 17.8. The van der Waals surface area contributed by atoms with E-state index in [2.05, 4.69) is 22.2 Å². The van der Waals surface area contributed by atoms with Crippen LogP contribution >= 0.6 is 0 Å². The van der Waals surface area contributed by atoms with Crippen LogP contribution in [0.2, 0.25) is 0 Å². The Morgan fingerprint density at radius 1 is 1.25 bits per heavy atom. The van der Waals surface area contributed by atoms with Gasteiger partial charge in [0.1, 0.15) is 5.56 Å². The Balaban J connectivity index is 1.49. The molecule has 0 spiro atoms.